The van der Waals surface area contributed by atoms with Crippen LogP contribution in [0, 0.1) is 5.92 Å². The number of likely N-dealkylation sites (N-methyl/N-ethyl adjacent to an activating group) is 1. The molecule has 3 atom stereocenters. The number of carbonyl (C=O) groups is 1. The van der Waals surface area contributed by atoms with E-state index >= 15 is 0 Å². The number of nitrogens with zero attached hydrogens (tertiary/aromatic N) is 3. The number of carbonyl (C=O) groups excluding carboxylic acids is 1. The van der Waals surface area contributed by atoms with Gasteiger partial charge in [0, 0.05) is 43.1 Å². The maximum atomic E-state index is 13.3. The van der Waals surface area contributed by atoms with Crippen molar-refractivity contribution in [1.82, 2.24) is 14.1 Å². The summed E-state index contributed by atoms with van der Waals surface area (Å²) in [5.41, 5.74) is 0. The average molecular weight is 534 g/mol. The van der Waals surface area contributed by atoms with Gasteiger partial charge in [0.1, 0.15) is 16.7 Å². The van der Waals surface area contributed by atoms with Crippen LogP contribution in [0.15, 0.2) is 27.6 Å². The zero-order chi connectivity index (χ0) is 23.5. The first-order chi connectivity index (χ1) is 15.1. The second-order valence-electron chi connectivity index (χ2n) is 8.49. The van der Waals surface area contributed by atoms with E-state index in [4.69, 9.17) is 9.47 Å². The largest absolute Gasteiger partial charge is 0.487 e. The normalized spacial score (nSPS) is 25.2. The maximum absolute atomic E-state index is 13.3. The van der Waals surface area contributed by atoms with E-state index in [1.54, 1.807) is 31.0 Å². The van der Waals surface area contributed by atoms with Crippen molar-refractivity contribution in [2.24, 2.45) is 5.92 Å². The van der Waals surface area contributed by atoms with Gasteiger partial charge >= 0.3 is 0 Å². The Morgan fingerprint density at radius 3 is 2.69 bits per heavy atom. The number of hydrogen-bond donors (Lipinski definition) is 1. The van der Waals surface area contributed by atoms with Crippen LogP contribution in [0.5, 0.6) is 5.75 Å². The molecular weight excluding hydrogens is 502 g/mol. The van der Waals surface area contributed by atoms with Crippen molar-refractivity contribution in [2.45, 2.75) is 30.9 Å². The van der Waals surface area contributed by atoms with Crippen LogP contribution in [0.4, 0.5) is 0 Å². The van der Waals surface area contributed by atoms with Gasteiger partial charge in [0.15, 0.2) is 0 Å². The van der Waals surface area contributed by atoms with Crippen LogP contribution in [0.1, 0.15) is 13.8 Å². The molecule has 1 aromatic rings. The second kappa shape index (κ2) is 10.8. The number of morpholine rings is 1. The molecule has 0 bridgehead atoms. The third kappa shape index (κ3) is 5.81. The van der Waals surface area contributed by atoms with Crippen molar-refractivity contribution >= 4 is 31.9 Å². The van der Waals surface area contributed by atoms with Crippen LogP contribution in [0.2, 0.25) is 0 Å². The lowest BCUT2D eigenvalue weighted by Crippen LogP contribution is -2.51. The number of rotatable bonds is 6. The van der Waals surface area contributed by atoms with Gasteiger partial charge in [-0.25, -0.2) is 8.42 Å². The summed E-state index contributed by atoms with van der Waals surface area (Å²) in [4.78, 5) is 16.6. The topological polar surface area (TPSA) is 99.6 Å². The highest BCUT2D eigenvalue weighted by Crippen LogP contribution is 2.35. The Morgan fingerprint density at radius 1 is 1.34 bits per heavy atom. The molecule has 0 saturated carbocycles. The van der Waals surface area contributed by atoms with Crippen LogP contribution in [0.25, 0.3) is 0 Å². The molecule has 0 aliphatic carbocycles. The highest BCUT2D eigenvalue weighted by atomic mass is 79.9. The Hall–Kier alpha value is -1.24. The standard InChI is InChI=1S/C21H32BrN3O6S/c1-15-11-25(16(2)14-26)32(28,29)20-5-4-17(22)10-18(20)31-19(15)12-23(3)21(27)13-24-6-8-30-9-7-24/h4-5,10,15-16,19,26H,6-9,11-14H2,1-3H3/t15-,16+,19+/m0/s1. The van der Waals surface area contributed by atoms with Gasteiger partial charge in [0.25, 0.3) is 0 Å². The SMILES string of the molecule is C[C@H](CO)N1C[C@H](C)[C@@H](CN(C)C(=O)CN2CCOCC2)Oc2cc(Br)ccc2S1(=O)=O. The Morgan fingerprint density at radius 2 is 2.03 bits per heavy atom. The summed E-state index contributed by atoms with van der Waals surface area (Å²) < 4.78 is 40.2. The molecule has 9 nitrogen and oxygen atoms in total. The van der Waals surface area contributed by atoms with Gasteiger partial charge in [0.05, 0.1) is 32.9 Å². The van der Waals surface area contributed by atoms with E-state index in [0.717, 1.165) is 13.1 Å². The molecule has 2 heterocycles. The number of ether oxygens (including phenoxy) is 2. The first-order valence-electron chi connectivity index (χ1n) is 10.8. The van der Waals surface area contributed by atoms with Crippen molar-refractivity contribution in [2.75, 3.05) is 59.6 Å². The number of aliphatic hydroxyl groups is 1. The summed E-state index contributed by atoms with van der Waals surface area (Å²) in [5.74, 6) is -0.00272. The lowest BCUT2D eigenvalue weighted by Gasteiger charge is -2.37. The second-order valence-corrected chi connectivity index (χ2v) is 11.3. The van der Waals surface area contributed by atoms with E-state index < -0.39 is 22.2 Å². The van der Waals surface area contributed by atoms with Crippen LogP contribution in [0.3, 0.4) is 0 Å². The molecule has 1 amide bonds. The smallest absolute Gasteiger partial charge is 0.247 e. The summed E-state index contributed by atoms with van der Waals surface area (Å²) >= 11 is 3.39. The van der Waals surface area contributed by atoms with E-state index in [9.17, 15) is 18.3 Å². The summed E-state index contributed by atoms with van der Waals surface area (Å²) in [6, 6.07) is 4.21. The fourth-order valence-corrected chi connectivity index (χ4v) is 6.03. The molecule has 0 spiro atoms. The average Bonchev–Trinajstić information content (AvgIpc) is 2.76. The third-order valence-corrected chi connectivity index (χ3v) is 8.48. The van der Waals surface area contributed by atoms with Gasteiger partial charge in [-0.1, -0.05) is 22.9 Å². The van der Waals surface area contributed by atoms with E-state index in [1.807, 2.05) is 6.92 Å². The minimum absolute atomic E-state index is 0.0209. The Labute approximate surface area is 198 Å². The Bertz CT molecular complexity index is 909. The summed E-state index contributed by atoms with van der Waals surface area (Å²) in [5, 5.41) is 9.69. The van der Waals surface area contributed by atoms with E-state index in [1.165, 1.54) is 10.4 Å². The van der Waals surface area contributed by atoms with Gasteiger partial charge < -0.3 is 19.5 Å². The van der Waals surface area contributed by atoms with Crippen LogP contribution < -0.4 is 4.74 Å². The van der Waals surface area contributed by atoms with Crippen molar-refractivity contribution in [3.05, 3.63) is 22.7 Å². The number of benzene rings is 1. The molecule has 1 fully saturated rings. The number of halogens is 1. The van der Waals surface area contributed by atoms with E-state index in [-0.39, 0.29) is 35.6 Å². The van der Waals surface area contributed by atoms with Gasteiger partial charge in [-0.15, -0.1) is 0 Å². The summed E-state index contributed by atoms with van der Waals surface area (Å²) in [7, 11) is -2.12. The van der Waals surface area contributed by atoms with Crippen LogP contribution in [-0.2, 0) is 19.6 Å². The quantitative estimate of drug-likeness (QED) is 0.582. The molecule has 0 aromatic heterocycles. The summed E-state index contributed by atoms with van der Waals surface area (Å²) in [6.45, 7) is 6.79. The fourth-order valence-electron chi connectivity index (χ4n) is 3.86. The predicted molar refractivity (Wildman–Crippen MR) is 123 cm³/mol. The Kier molecular flexibility index (Phi) is 8.56. The number of hydrogen-bond acceptors (Lipinski definition) is 7. The molecule has 2 aliphatic rings. The monoisotopic (exact) mass is 533 g/mol. The lowest BCUT2D eigenvalue weighted by atomic mass is 10.0. The molecule has 3 rings (SSSR count). The van der Waals surface area contributed by atoms with Crippen LogP contribution in [-0.4, -0.2) is 105 Å². The number of sulfonamides is 1. The molecule has 11 heteroatoms. The number of amides is 1. The van der Waals surface area contributed by atoms with Gasteiger partial charge in [-0.3, -0.25) is 9.69 Å². The molecule has 2 aliphatic heterocycles. The van der Waals surface area contributed by atoms with Crippen molar-refractivity contribution in [1.29, 1.82) is 0 Å². The van der Waals surface area contributed by atoms with Gasteiger partial charge in [-0.2, -0.15) is 4.31 Å². The van der Waals surface area contributed by atoms with E-state index in [2.05, 4.69) is 20.8 Å². The molecule has 32 heavy (non-hydrogen) atoms. The van der Waals surface area contributed by atoms with Crippen molar-refractivity contribution < 1.29 is 27.8 Å². The number of aliphatic hydroxyl groups excluding tert-OH is 1. The zero-order valence-corrected chi connectivity index (χ0v) is 21.1. The van der Waals surface area contributed by atoms with Gasteiger partial charge in [-0.05, 0) is 25.1 Å². The van der Waals surface area contributed by atoms with E-state index in [0.29, 0.717) is 30.8 Å². The minimum Gasteiger partial charge on any atom is -0.487 e. The third-order valence-electron chi connectivity index (χ3n) is 5.97. The molecular formula is C21H32BrN3O6S. The maximum Gasteiger partial charge on any atom is 0.247 e. The molecule has 0 radical (unpaired) electrons. The lowest BCUT2D eigenvalue weighted by molar-refractivity contribution is -0.133. The fraction of sp³-hybridized carbons (Fsp3) is 0.667. The molecule has 1 saturated heterocycles. The molecule has 1 N–H and O–H groups in total. The van der Waals surface area contributed by atoms with Crippen LogP contribution >= 0.6 is 15.9 Å². The first-order valence-corrected chi connectivity index (χ1v) is 13.0. The van der Waals surface area contributed by atoms with Crippen molar-refractivity contribution in [3.8, 4) is 5.75 Å². The highest BCUT2D eigenvalue weighted by Gasteiger charge is 2.38. The van der Waals surface area contributed by atoms with Crippen molar-refractivity contribution in [3.63, 3.8) is 0 Å². The predicted octanol–water partition coefficient (Wildman–Crippen LogP) is 1.01. The minimum atomic E-state index is -3.86. The van der Waals surface area contributed by atoms with Gasteiger partial charge in [0.2, 0.25) is 15.9 Å². The Balaban J connectivity index is 1.84. The molecule has 1 aromatic carbocycles. The highest BCUT2D eigenvalue weighted by molar-refractivity contribution is 9.10. The molecule has 0 unspecified atom stereocenters. The zero-order valence-electron chi connectivity index (χ0n) is 18.7. The number of fused-ring (bicyclic) bond motifs is 1. The first kappa shape index (κ1) is 25.4. The molecule has 180 valence electrons. The summed E-state index contributed by atoms with van der Waals surface area (Å²) in [6.07, 6.45) is -0.425.